The fraction of sp³-hybridized carbons (Fsp3) is 0.538. The van der Waals surface area contributed by atoms with E-state index >= 15 is 0 Å². The Morgan fingerprint density at radius 1 is 1.29 bits per heavy atom. The molecule has 21 heavy (non-hydrogen) atoms. The molecule has 116 valence electrons. The molecule has 0 saturated heterocycles. The van der Waals surface area contributed by atoms with Crippen molar-refractivity contribution < 1.29 is 18.1 Å². The number of hydrogen-bond donors (Lipinski definition) is 1. The molecule has 0 spiro atoms. The van der Waals surface area contributed by atoms with Gasteiger partial charge in [-0.25, -0.2) is 13.6 Å². The summed E-state index contributed by atoms with van der Waals surface area (Å²) in [7, 11) is -4.09. The van der Waals surface area contributed by atoms with E-state index in [0.717, 1.165) is 38.2 Å². The molecule has 1 aliphatic carbocycles. The summed E-state index contributed by atoms with van der Waals surface area (Å²) < 4.78 is 29.2. The molecule has 0 amide bonds. The number of primary sulfonamides is 1. The highest BCUT2D eigenvalue weighted by Gasteiger charge is 2.25. The zero-order valence-corrected chi connectivity index (χ0v) is 12.6. The van der Waals surface area contributed by atoms with Gasteiger partial charge in [0.05, 0.1) is 11.0 Å². The van der Waals surface area contributed by atoms with Crippen molar-refractivity contribution >= 4 is 15.7 Å². The van der Waals surface area contributed by atoms with Crippen LogP contribution in [0.5, 0.6) is 5.75 Å². The van der Waals surface area contributed by atoms with E-state index in [1.807, 2.05) is 0 Å². The topological polar surface area (TPSA) is 113 Å². The van der Waals surface area contributed by atoms with Crippen LogP contribution in [0.15, 0.2) is 17.0 Å². The third-order valence-corrected chi connectivity index (χ3v) is 4.50. The number of aryl methyl sites for hydroxylation is 1. The summed E-state index contributed by atoms with van der Waals surface area (Å²) in [6.45, 7) is 1.58. The van der Waals surface area contributed by atoms with Gasteiger partial charge in [0, 0.05) is 12.1 Å². The van der Waals surface area contributed by atoms with Crippen molar-refractivity contribution in [1.29, 1.82) is 0 Å². The maximum atomic E-state index is 11.7. The van der Waals surface area contributed by atoms with Gasteiger partial charge in [-0.15, -0.1) is 0 Å². The van der Waals surface area contributed by atoms with Gasteiger partial charge in [0.15, 0.2) is 0 Å². The van der Waals surface area contributed by atoms with Crippen LogP contribution >= 0.6 is 0 Å². The van der Waals surface area contributed by atoms with Gasteiger partial charge < -0.3 is 4.74 Å². The molecule has 0 atom stereocenters. The molecule has 1 saturated carbocycles. The second-order valence-corrected chi connectivity index (χ2v) is 6.80. The molecule has 2 N–H and O–H groups in total. The summed E-state index contributed by atoms with van der Waals surface area (Å²) in [5.41, 5.74) is 0.0892. The predicted molar refractivity (Wildman–Crippen MR) is 76.7 cm³/mol. The van der Waals surface area contributed by atoms with Gasteiger partial charge in [0.1, 0.15) is 10.6 Å². The minimum absolute atomic E-state index is 0.0700. The highest BCUT2D eigenvalue weighted by Crippen LogP contribution is 2.34. The third-order valence-electron chi connectivity index (χ3n) is 3.58. The Hall–Kier alpha value is -1.67. The lowest BCUT2D eigenvalue weighted by Gasteiger charge is -2.24. The molecule has 0 aliphatic heterocycles. The molecular formula is C13H18N2O5S. The Labute approximate surface area is 123 Å². The Bertz CT molecular complexity index is 651. The number of rotatable bonds is 4. The van der Waals surface area contributed by atoms with Crippen LogP contribution in [0.25, 0.3) is 0 Å². The number of non-ortho nitro benzene ring substituents is 1. The molecule has 0 heterocycles. The van der Waals surface area contributed by atoms with Crippen LogP contribution in [-0.2, 0) is 10.0 Å². The zero-order chi connectivity index (χ0) is 15.6. The van der Waals surface area contributed by atoms with Crippen LogP contribution in [0, 0.1) is 17.0 Å². The van der Waals surface area contributed by atoms with E-state index in [4.69, 9.17) is 9.88 Å². The maximum Gasteiger partial charge on any atom is 0.271 e. The lowest BCUT2D eigenvalue weighted by atomic mass is 9.97. The summed E-state index contributed by atoms with van der Waals surface area (Å²) in [6.07, 6.45) is 4.82. The molecule has 1 aromatic carbocycles. The summed E-state index contributed by atoms with van der Waals surface area (Å²) in [5.74, 6) is 0.134. The van der Waals surface area contributed by atoms with E-state index < -0.39 is 14.9 Å². The van der Waals surface area contributed by atoms with Gasteiger partial charge in [-0.05, 0) is 38.2 Å². The predicted octanol–water partition coefficient (Wildman–Crippen LogP) is 2.26. The van der Waals surface area contributed by atoms with Gasteiger partial charge in [-0.1, -0.05) is 6.42 Å². The van der Waals surface area contributed by atoms with Gasteiger partial charge in [0.25, 0.3) is 5.69 Å². The molecule has 1 fully saturated rings. The first kappa shape index (κ1) is 15.7. The molecule has 0 bridgehead atoms. The van der Waals surface area contributed by atoms with E-state index in [1.165, 1.54) is 6.07 Å². The summed E-state index contributed by atoms with van der Waals surface area (Å²) in [6, 6.07) is 2.26. The lowest BCUT2D eigenvalue weighted by Crippen LogP contribution is -2.22. The minimum Gasteiger partial charge on any atom is -0.489 e. The number of nitrogens with two attached hydrogens (primary N) is 1. The number of sulfonamides is 1. The molecular weight excluding hydrogens is 296 g/mol. The number of ether oxygens (including phenoxy) is 1. The lowest BCUT2D eigenvalue weighted by molar-refractivity contribution is -0.385. The second kappa shape index (κ2) is 5.98. The molecule has 2 rings (SSSR count). The van der Waals surface area contributed by atoms with E-state index in [2.05, 4.69) is 0 Å². The number of nitrogens with zero attached hydrogens (tertiary/aromatic N) is 1. The normalized spacial score (nSPS) is 16.7. The highest BCUT2D eigenvalue weighted by atomic mass is 32.2. The average molecular weight is 314 g/mol. The van der Waals surface area contributed by atoms with Gasteiger partial charge in [0.2, 0.25) is 10.0 Å². The first-order chi connectivity index (χ1) is 9.79. The van der Waals surface area contributed by atoms with Crippen LogP contribution in [0.4, 0.5) is 5.69 Å². The van der Waals surface area contributed by atoms with Gasteiger partial charge in [-0.3, -0.25) is 10.1 Å². The van der Waals surface area contributed by atoms with E-state index in [-0.39, 0.29) is 22.4 Å². The van der Waals surface area contributed by atoms with Crippen LogP contribution in [0.2, 0.25) is 0 Å². The molecule has 0 unspecified atom stereocenters. The standard InChI is InChI=1S/C13H18N2O5S/c1-9-7-10(15(16)17)8-12(21(14,18)19)13(9)20-11-5-3-2-4-6-11/h7-8,11H,2-6H2,1H3,(H2,14,18,19). The Balaban J connectivity index is 2.45. The highest BCUT2D eigenvalue weighted by molar-refractivity contribution is 7.89. The van der Waals surface area contributed by atoms with E-state index in [0.29, 0.717) is 5.56 Å². The number of nitro benzene ring substituents is 1. The monoisotopic (exact) mass is 314 g/mol. The minimum atomic E-state index is -4.09. The van der Waals surface area contributed by atoms with Crippen LogP contribution in [0.1, 0.15) is 37.7 Å². The number of benzene rings is 1. The fourth-order valence-electron chi connectivity index (χ4n) is 2.54. The molecule has 8 heteroatoms. The first-order valence-electron chi connectivity index (χ1n) is 6.77. The summed E-state index contributed by atoms with van der Waals surface area (Å²) in [5, 5.41) is 16.0. The third kappa shape index (κ3) is 3.70. The van der Waals surface area contributed by atoms with Crippen molar-refractivity contribution in [3.05, 3.63) is 27.8 Å². The van der Waals surface area contributed by atoms with Gasteiger partial charge >= 0.3 is 0 Å². The Morgan fingerprint density at radius 2 is 1.90 bits per heavy atom. The van der Waals surface area contributed by atoms with E-state index in [9.17, 15) is 18.5 Å². The van der Waals surface area contributed by atoms with Crippen molar-refractivity contribution in [2.24, 2.45) is 5.14 Å². The first-order valence-corrected chi connectivity index (χ1v) is 8.32. The molecule has 0 aromatic heterocycles. The quantitative estimate of drug-likeness (QED) is 0.676. The van der Waals surface area contributed by atoms with Crippen molar-refractivity contribution in [2.75, 3.05) is 0 Å². The molecule has 1 aromatic rings. The Morgan fingerprint density at radius 3 is 2.43 bits per heavy atom. The number of nitro groups is 1. The SMILES string of the molecule is Cc1cc([N+](=O)[O-])cc(S(N)(=O)=O)c1OC1CCCCC1. The van der Waals surface area contributed by atoms with Crippen LogP contribution in [-0.4, -0.2) is 19.4 Å². The van der Waals surface area contributed by atoms with Crippen molar-refractivity contribution in [2.45, 2.75) is 50.0 Å². The smallest absolute Gasteiger partial charge is 0.271 e. The molecule has 0 radical (unpaired) electrons. The van der Waals surface area contributed by atoms with E-state index in [1.54, 1.807) is 6.92 Å². The van der Waals surface area contributed by atoms with Crippen molar-refractivity contribution in [3.63, 3.8) is 0 Å². The van der Waals surface area contributed by atoms with Crippen molar-refractivity contribution in [3.8, 4) is 5.75 Å². The average Bonchev–Trinajstić information content (AvgIpc) is 2.40. The fourth-order valence-corrected chi connectivity index (χ4v) is 3.29. The van der Waals surface area contributed by atoms with Crippen LogP contribution < -0.4 is 9.88 Å². The molecule has 7 nitrogen and oxygen atoms in total. The zero-order valence-electron chi connectivity index (χ0n) is 11.7. The second-order valence-electron chi connectivity index (χ2n) is 5.27. The number of hydrogen-bond acceptors (Lipinski definition) is 5. The maximum absolute atomic E-state index is 11.7. The Kier molecular flexibility index (Phi) is 4.48. The van der Waals surface area contributed by atoms with Gasteiger partial charge in [-0.2, -0.15) is 0 Å². The summed E-state index contributed by atoms with van der Waals surface area (Å²) >= 11 is 0. The van der Waals surface area contributed by atoms with Crippen molar-refractivity contribution in [1.82, 2.24) is 0 Å². The summed E-state index contributed by atoms with van der Waals surface area (Å²) in [4.78, 5) is 9.90. The largest absolute Gasteiger partial charge is 0.489 e. The molecule has 1 aliphatic rings. The van der Waals surface area contributed by atoms with Crippen LogP contribution in [0.3, 0.4) is 0 Å².